The first-order chi connectivity index (χ1) is 8.19. The Morgan fingerprint density at radius 2 is 2.12 bits per heavy atom. The molecule has 2 rings (SSSR count). The van der Waals surface area contributed by atoms with E-state index >= 15 is 0 Å². The Kier molecular flexibility index (Phi) is 2.93. The fourth-order valence-corrected chi connectivity index (χ4v) is 1.37. The SMILES string of the molecule is Cc1ccc(Oc2ccc(N)cc2C#N)cn1. The molecule has 0 saturated carbocycles. The van der Waals surface area contributed by atoms with Crippen LogP contribution in [-0.2, 0) is 0 Å². The topological polar surface area (TPSA) is 71.9 Å². The zero-order valence-electron chi connectivity index (χ0n) is 9.34. The number of rotatable bonds is 2. The van der Waals surface area contributed by atoms with Gasteiger partial charge in [-0.25, -0.2) is 0 Å². The highest BCUT2D eigenvalue weighted by atomic mass is 16.5. The molecule has 0 atom stereocenters. The minimum absolute atomic E-state index is 0.408. The molecule has 4 nitrogen and oxygen atoms in total. The average Bonchev–Trinajstić information content (AvgIpc) is 2.34. The lowest BCUT2D eigenvalue weighted by molar-refractivity contribution is 0.478. The van der Waals surface area contributed by atoms with Crippen molar-refractivity contribution in [2.24, 2.45) is 0 Å². The smallest absolute Gasteiger partial charge is 0.145 e. The van der Waals surface area contributed by atoms with Crippen molar-refractivity contribution in [2.45, 2.75) is 6.92 Å². The molecule has 0 radical (unpaired) electrons. The maximum atomic E-state index is 8.96. The van der Waals surface area contributed by atoms with Crippen LogP contribution in [0, 0.1) is 18.3 Å². The van der Waals surface area contributed by atoms with Gasteiger partial charge < -0.3 is 10.5 Å². The number of hydrogen-bond acceptors (Lipinski definition) is 4. The zero-order valence-corrected chi connectivity index (χ0v) is 9.34. The Morgan fingerprint density at radius 3 is 2.76 bits per heavy atom. The monoisotopic (exact) mass is 225 g/mol. The predicted octanol–water partition coefficient (Wildman–Crippen LogP) is 2.64. The Morgan fingerprint density at radius 1 is 1.29 bits per heavy atom. The average molecular weight is 225 g/mol. The van der Waals surface area contributed by atoms with Gasteiger partial charge >= 0.3 is 0 Å². The summed E-state index contributed by atoms with van der Waals surface area (Å²) in [6.45, 7) is 1.90. The van der Waals surface area contributed by atoms with Gasteiger partial charge in [-0.15, -0.1) is 0 Å². The third kappa shape index (κ3) is 2.52. The van der Waals surface area contributed by atoms with E-state index in [4.69, 9.17) is 15.7 Å². The van der Waals surface area contributed by atoms with E-state index in [1.807, 2.05) is 19.1 Å². The van der Waals surface area contributed by atoms with Crippen LogP contribution in [0.25, 0.3) is 0 Å². The molecule has 0 bridgehead atoms. The normalized spacial score (nSPS) is 9.65. The molecule has 1 aromatic carbocycles. The van der Waals surface area contributed by atoms with Gasteiger partial charge in [0.25, 0.3) is 0 Å². The number of ether oxygens (including phenoxy) is 1. The molecule has 0 fully saturated rings. The summed E-state index contributed by atoms with van der Waals surface area (Å²) in [7, 11) is 0. The van der Waals surface area contributed by atoms with E-state index in [0.717, 1.165) is 5.69 Å². The highest BCUT2D eigenvalue weighted by molar-refractivity contribution is 5.54. The van der Waals surface area contributed by atoms with Crippen molar-refractivity contribution in [1.29, 1.82) is 5.26 Å². The molecule has 0 aliphatic rings. The summed E-state index contributed by atoms with van der Waals surface area (Å²) in [5.41, 5.74) is 7.46. The Labute approximate surface area is 99.3 Å². The molecular weight excluding hydrogens is 214 g/mol. The minimum atomic E-state index is 0.408. The van der Waals surface area contributed by atoms with E-state index in [1.54, 1.807) is 30.5 Å². The number of nitriles is 1. The van der Waals surface area contributed by atoms with E-state index in [1.165, 1.54) is 0 Å². The molecule has 84 valence electrons. The van der Waals surface area contributed by atoms with Gasteiger partial charge in [-0.1, -0.05) is 0 Å². The zero-order chi connectivity index (χ0) is 12.3. The molecule has 0 spiro atoms. The Balaban J connectivity index is 2.30. The molecule has 0 saturated heterocycles. The highest BCUT2D eigenvalue weighted by Crippen LogP contribution is 2.26. The van der Waals surface area contributed by atoms with Crippen molar-refractivity contribution >= 4 is 5.69 Å². The van der Waals surface area contributed by atoms with E-state index in [0.29, 0.717) is 22.7 Å². The van der Waals surface area contributed by atoms with Crippen molar-refractivity contribution in [3.63, 3.8) is 0 Å². The van der Waals surface area contributed by atoms with Crippen molar-refractivity contribution in [2.75, 3.05) is 5.73 Å². The van der Waals surface area contributed by atoms with Gasteiger partial charge in [-0.2, -0.15) is 5.26 Å². The van der Waals surface area contributed by atoms with Crippen molar-refractivity contribution in [3.05, 3.63) is 47.8 Å². The first-order valence-electron chi connectivity index (χ1n) is 5.09. The van der Waals surface area contributed by atoms with Crippen molar-refractivity contribution in [3.8, 4) is 17.6 Å². The molecular formula is C13H11N3O. The molecule has 2 N–H and O–H groups in total. The fraction of sp³-hybridized carbons (Fsp3) is 0.0769. The molecule has 0 amide bonds. The molecule has 1 aromatic heterocycles. The van der Waals surface area contributed by atoms with Crippen molar-refractivity contribution in [1.82, 2.24) is 4.98 Å². The first-order valence-corrected chi connectivity index (χ1v) is 5.09. The quantitative estimate of drug-likeness (QED) is 0.797. The van der Waals surface area contributed by atoms with E-state index in [9.17, 15) is 0 Å². The van der Waals surface area contributed by atoms with Crippen LogP contribution in [0.1, 0.15) is 11.3 Å². The van der Waals surface area contributed by atoms with Gasteiger partial charge in [0, 0.05) is 11.4 Å². The lowest BCUT2D eigenvalue weighted by atomic mass is 10.2. The number of pyridine rings is 1. The largest absolute Gasteiger partial charge is 0.454 e. The summed E-state index contributed by atoms with van der Waals surface area (Å²) in [5.74, 6) is 1.07. The molecule has 17 heavy (non-hydrogen) atoms. The fourth-order valence-electron chi connectivity index (χ4n) is 1.37. The van der Waals surface area contributed by atoms with Gasteiger partial charge in [-0.05, 0) is 37.3 Å². The summed E-state index contributed by atoms with van der Waals surface area (Å²) in [4.78, 5) is 4.12. The van der Waals surface area contributed by atoms with Gasteiger partial charge in [-0.3, -0.25) is 4.98 Å². The number of hydrogen-bond donors (Lipinski definition) is 1. The molecule has 0 aliphatic heterocycles. The van der Waals surface area contributed by atoms with Crippen LogP contribution >= 0.6 is 0 Å². The number of nitrogens with two attached hydrogens (primary N) is 1. The van der Waals surface area contributed by atoms with Crippen LogP contribution < -0.4 is 10.5 Å². The van der Waals surface area contributed by atoms with Crippen LogP contribution in [0.3, 0.4) is 0 Å². The van der Waals surface area contributed by atoms with Crippen LogP contribution in [0.4, 0.5) is 5.69 Å². The van der Waals surface area contributed by atoms with E-state index in [2.05, 4.69) is 4.98 Å². The number of aryl methyl sites for hydroxylation is 1. The summed E-state index contributed by atoms with van der Waals surface area (Å²) in [6, 6.07) is 10.6. The summed E-state index contributed by atoms with van der Waals surface area (Å²) >= 11 is 0. The lowest BCUT2D eigenvalue weighted by Gasteiger charge is -2.07. The summed E-state index contributed by atoms with van der Waals surface area (Å²) < 4.78 is 5.57. The number of benzene rings is 1. The van der Waals surface area contributed by atoms with Gasteiger partial charge in [0.2, 0.25) is 0 Å². The van der Waals surface area contributed by atoms with E-state index in [-0.39, 0.29) is 0 Å². The summed E-state index contributed by atoms with van der Waals surface area (Å²) in [5, 5.41) is 8.96. The minimum Gasteiger partial charge on any atom is -0.454 e. The van der Waals surface area contributed by atoms with Gasteiger partial charge in [0.15, 0.2) is 0 Å². The van der Waals surface area contributed by atoms with Gasteiger partial charge in [0.1, 0.15) is 17.6 Å². The number of nitrogen functional groups attached to an aromatic ring is 1. The molecule has 4 heteroatoms. The maximum Gasteiger partial charge on any atom is 0.145 e. The van der Waals surface area contributed by atoms with Crippen LogP contribution in [-0.4, -0.2) is 4.98 Å². The predicted molar refractivity (Wildman–Crippen MR) is 64.6 cm³/mol. The number of aromatic nitrogens is 1. The van der Waals surface area contributed by atoms with Crippen LogP contribution in [0.5, 0.6) is 11.5 Å². The standard InChI is InChI=1S/C13H11N3O/c1-9-2-4-12(8-16-9)17-13-5-3-11(15)6-10(13)7-14/h2-6,8H,15H2,1H3. The third-order valence-corrected chi connectivity index (χ3v) is 2.24. The second-order valence-electron chi connectivity index (χ2n) is 3.60. The Hall–Kier alpha value is -2.54. The highest BCUT2D eigenvalue weighted by Gasteiger charge is 2.05. The van der Waals surface area contributed by atoms with Crippen LogP contribution in [0.2, 0.25) is 0 Å². The van der Waals surface area contributed by atoms with Gasteiger partial charge in [0.05, 0.1) is 11.8 Å². The number of anilines is 1. The lowest BCUT2D eigenvalue weighted by Crippen LogP contribution is -1.92. The third-order valence-electron chi connectivity index (χ3n) is 2.24. The first kappa shape index (κ1) is 11.0. The summed E-state index contributed by atoms with van der Waals surface area (Å²) in [6.07, 6.45) is 1.62. The second kappa shape index (κ2) is 4.54. The molecule has 0 unspecified atom stereocenters. The molecule has 0 aliphatic carbocycles. The van der Waals surface area contributed by atoms with E-state index < -0.39 is 0 Å². The number of nitrogens with zero attached hydrogens (tertiary/aromatic N) is 2. The molecule has 2 aromatic rings. The van der Waals surface area contributed by atoms with Crippen LogP contribution in [0.15, 0.2) is 36.5 Å². The second-order valence-corrected chi connectivity index (χ2v) is 3.60. The maximum absolute atomic E-state index is 8.96. The van der Waals surface area contributed by atoms with Crippen molar-refractivity contribution < 1.29 is 4.74 Å². The Bertz CT molecular complexity index is 570. The molecule has 1 heterocycles.